The molecule has 0 heterocycles. The molecule has 0 saturated carbocycles. The second-order valence-corrected chi connectivity index (χ2v) is 8.82. The number of benzene rings is 2. The van der Waals surface area contributed by atoms with Crippen LogP contribution in [0.4, 0.5) is 13.2 Å². The fourth-order valence-electron chi connectivity index (χ4n) is 2.21. The van der Waals surface area contributed by atoms with Crippen LogP contribution in [0.5, 0.6) is 11.5 Å². The fourth-order valence-corrected chi connectivity index (χ4v) is 2.94. The van der Waals surface area contributed by atoms with Crippen LogP contribution in [0.15, 0.2) is 58.6 Å². The molecule has 2 aromatic rings. The number of methoxy groups -OCH3 is 1. The number of carbonyl (C=O) groups is 1. The minimum absolute atomic E-state index is 0.0770. The Morgan fingerprint density at radius 2 is 1.50 bits per heavy atom. The molecular weight excluding hydrogens is 451 g/mol. The fraction of sp³-hybridized carbons (Fsp3) is 0.333. The predicted molar refractivity (Wildman–Crippen MR) is 110 cm³/mol. The lowest BCUT2D eigenvalue weighted by molar-refractivity contribution is -0.144. The molecule has 0 bridgehead atoms. The summed E-state index contributed by atoms with van der Waals surface area (Å²) in [4.78, 5) is 11.6. The van der Waals surface area contributed by atoms with Gasteiger partial charge in [-0.1, -0.05) is 12.1 Å². The zero-order chi connectivity index (χ0) is 24.2. The Kier molecular flexibility index (Phi) is 7.55. The van der Waals surface area contributed by atoms with E-state index in [1.165, 1.54) is 31.4 Å². The van der Waals surface area contributed by atoms with Gasteiger partial charge in [0.2, 0.25) is 0 Å². The van der Waals surface area contributed by atoms with Crippen molar-refractivity contribution < 1.29 is 40.1 Å². The minimum Gasteiger partial charge on any atom is -0.497 e. The molecule has 7 nitrogen and oxygen atoms in total. The maximum atomic E-state index is 13.4. The second kappa shape index (κ2) is 9.60. The lowest BCUT2D eigenvalue weighted by atomic mass is 9.91. The average Bonchev–Trinajstić information content (AvgIpc) is 2.73. The number of oxime groups is 1. The average molecular weight is 473 g/mol. The van der Waals surface area contributed by atoms with E-state index in [-0.39, 0.29) is 5.75 Å². The van der Waals surface area contributed by atoms with Crippen LogP contribution in [0, 0.1) is 5.41 Å². The number of rotatable bonds is 8. The van der Waals surface area contributed by atoms with E-state index in [9.17, 15) is 26.4 Å². The lowest BCUT2D eigenvalue weighted by Crippen LogP contribution is -2.28. The molecule has 0 radical (unpaired) electrons. The first kappa shape index (κ1) is 25.2. The van der Waals surface area contributed by atoms with Gasteiger partial charge in [0.25, 0.3) is 0 Å². The van der Waals surface area contributed by atoms with Gasteiger partial charge < -0.3 is 9.47 Å². The highest BCUT2D eigenvalue weighted by molar-refractivity contribution is 7.86. The van der Waals surface area contributed by atoms with E-state index in [1.54, 1.807) is 13.8 Å². The van der Waals surface area contributed by atoms with Crippen molar-refractivity contribution in [2.75, 3.05) is 7.11 Å². The summed E-state index contributed by atoms with van der Waals surface area (Å²) >= 11 is 0. The van der Waals surface area contributed by atoms with E-state index in [1.807, 2.05) is 6.92 Å². The van der Waals surface area contributed by atoms with Crippen molar-refractivity contribution in [1.29, 1.82) is 0 Å². The van der Waals surface area contributed by atoms with Crippen molar-refractivity contribution in [3.63, 3.8) is 0 Å². The van der Waals surface area contributed by atoms with Crippen molar-refractivity contribution in [3.8, 4) is 11.5 Å². The van der Waals surface area contributed by atoms with Crippen molar-refractivity contribution >= 4 is 21.8 Å². The number of hydrogen-bond acceptors (Lipinski definition) is 7. The van der Waals surface area contributed by atoms with E-state index < -0.39 is 43.8 Å². The first-order valence-corrected chi connectivity index (χ1v) is 10.8. The highest BCUT2D eigenvalue weighted by Gasteiger charge is 2.38. The van der Waals surface area contributed by atoms with Crippen LogP contribution in [0.3, 0.4) is 0 Å². The van der Waals surface area contributed by atoms with E-state index in [4.69, 9.17) is 9.47 Å². The van der Waals surface area contributed by atoms with Crippen LogP contribution in [0.1, 0.15) is 32.8 Å². The third kappa shape index (κ3) is 6.22. The summed E-state index contributed by atoms with van der Waals surface area (Å²) in [6.07, 6.45) is -4.45. The number of ether oxygens (including phenoxy) is 2. The number of nitrogens with zero attached hydrogens (tertiary/aromatic N) is 1. The molecule has 0 unspecified atom stereocenters. The molecule has 2 aromatic carbocycles. The van der Waals surface area contributed by atoms with Crippen LogP contribution in [0.2, 0.25) is 0 Å². The van der Waals surface area contributed by atoms with Crippen LogP contribution < -0.4 is 9.47 Å². The number of hydrogen-bond donors (Lipinski definition) is 0. The van der Waals surface area contributed by atoms with Gasteiger partial charge in [0.05, 0.1) is 12.5 Å². The second-order valence-electron chi connectivity index (χ2n) is 7.29. The Balaban J connectivity index is 2.24. The van der Waals surface area contributed by atoms with Crippen LogP contribution in [-0.2, 0) is 19.2 Å². The van der Waals surface area contributed by atoms with Gasteiger partial charge in [0.1, 0.15) is 16.4 Å². The molecule has 0 atom stereocenters. The Morgan fingerprint density at radius 3 is 1.97 bits per heavy atom. The molecular formula is C21H22F3NO6S. The van der Waals surface area contributed by atoms with Gasteiger partial charge in [-0.15, -0.1) is 0 Å². The molecule has 0 aliphatic rings. The van der Waals surface area contributed by atoms with E-state index >= 15 is 0 Å². The first-order chi connectivity index (χ1) is 14.8. The Hall–Kier alpha value is -3.08. The highest BCUT2D eigenvalue weighted by atomic mass is 32.2. The van der Waals surface area contributed by atoms with Gasteiger partial charge >= 0.3 is 22.3 Å². The molecule has 174 valence electrons. The molecule has 2 rings (SSSR count). The van der Waals surface area contributed by atoms with E-state index in [0.29, 0.717) is 12.2 Å². The molecule has 0 aromatic heterocycles. The zero-order valence-electron chi connectivity index (χ0n) is 17.8. The SMILES string of the molecule is CCC(C)(C)C(=O)Oc1ccc(S(=O)(=O)O/N=C(/c2ccc(OC)cc2)C(F)(F)F)cc1. The van der Waals surface area contributed by atoms with Crippen molar-refractivity contribution in [2.24, 2.45) is 10.6 Å². The summed E-state index contributed by atoms with van der Waals surface area (Å²) in [7, 11) is -3.32. The zero-order valence-corrected chi connectivity index (χ0v) is 18.6. The standard InChI is InChI=1S/C21H22F3NO6S/c1-5-20(2,3)19(26)30-16-10-12-17(13-11-16)32(27,28)31-25-18(21(22,23)24)14-6-8-15(29-4)9-7-14/h6-13H,5H2,1-4H3/b25-18-. The maximum Gasteiger partial charge on any atom is 0.437 e. The third-order valence-electron chi connectivity index (χ3n) is 4.62. The van der Waals surface area contributed by atoms with Crippen LogP contribution in [0.25, 0.3) is 0 Å². The first-order valence-electron chi connectivity index (χ1n) is 9.36. The number of esters is 1. The molecule has 0 aliphatic heterocycles. The summed E-state index contributed by atoms with van der Waals surface area (Å²) < 4.78 is 79.2. The Morgan fingerprint density at radius 1 is 0.969 bits per heavy atom. The normalized spacial score (nSPS) is 12.9. The third-order valence-corrected chi connectivity index (χ3v) is 5.74. The summed E-state index contributed by atoms with van der Waals surface area (Å²) in [5.74, 6) is -0.120. The van der Waals surface area contributed by atoms with Crippen LogP contribution >= 0.6 is 0 Å². The van der Waals surface area contributed by atoms with Gasteiger partial charge in [-0.2, -0.15) is 21.6 Å². The topological polar surface area (TPSA) is 91.3 Å². The summed E-state index contributed by atoms with van der Waals surface area (Å²) in [5, 5.41) is 2.86. The molecule has 32 heavy (non-hydrogen) atoms. The molecule has 0 aliphatic carbocycles. The van der Waals surface area contributed by atoms with Gasteiger partial charge in [-0.25, -0.2) is 0 Å². The maximum absolute atomic E-state index is 13.4. The lowest BCUT2D eigenvalue weighted by Gasteiger charge is -2.20. The quantitative estimate of drug-likeness (QED) is 0.239. The summed E-state index contributed by atoms with van der Waals surface area (Å²) in [5.41, 5.74) is -2.68. The van der Waals surface area contributed by atoms with Crippen molar-refractivity contribution in [3.05, 3.63) is 54.1 Å². The van der Waals surface area contributed by atoms with Gasteiger partial charge in [-0.05, 0) is 68.8 Å². The van der Waals surface area contributed by atoms with Crippen molar-refractivity contribution in [2.45, 2.75) is 38.3 Å². The number of halogens is 3. The molecule has 0 spiro atoms. The predicted octanol–water partition coefficient (Wildman–Crippen LogP) is 4.71. The molecule has 0 fully saturated rings. The smallest absolute Gasteiger partial charge is 0.437 e. The molecule has 0 N–H and O–H groups in total. The van der Waals surface area contributed by atoms with Gasteiger partial charge in [0.15, 0.2) is 5.71 Å². The minimum atomic E-state index is -4.98. The van der Waals surface area contributed by atoms with E-state index in [2.05, 4.69) is 9.44 Å². The summed E-state index contributed by atoms with van der Waals surface area (Å²) in [6, 6.07) is 9.13. The van der Waals surface area contributed by atoms with E-state index in [0.717, 1.165) is 24.3 Å². The van der Waals surface area contributed by atoms with Crippen LogP contribution in [-0.4, -0.2) is 33.4 Å². The van der Waals surface area contributed by atoms with Gasteiger partial charge in [-0.3, -0.25) is 9.08 Å². The Labute approximate surface area is 183 Å². The highest BCUT2D eigenvalue weighted by Crippen LogP contribution is 2.27. The molecule has 11 heteroatoms. The molecule has 0 saturated heterocycles. The summed E-state index contributed by atoms with van der Waals surface area (Å²) in [6.45, 7) is 5.21. The van der Waals surface area contributed by atoms with Gasteiger partial charge in [0, 0.05) is 5.56 Å². The monoisotopic (exact) mass is 473 g/mol. The number of carbonyl (C=O) groups excluding carboxylic acids is 1. The number of alkyl halides is 3. The molecule has 0 amide bonds. The largest absolute Gasteiger partial charge is 0.497 e. The van der Waals surface area contributed by atoms with Crippen molar-refractivity contribution in [1.82, 2.24) is 0 Å². The Bertz CT molecular complexity index is 1080.